The van der Waals surface area contributed by atoms with Crippen molar-refractivity contribution in [1.29, 1.82) is 0 Å². The number of hydrogen-bond donors (Lipinski definition) is 1. The lowest BCUT2D eigenvalue weighted by atomic mass is 10.1. The minimum Gasteiger partial charge on any atom is -0.345 e. The Morgan fingerprint density at radius 1 is 1.29 bits per heavy atom. The average molecular weight is 325 g/mol. The first-order valence-corrected chi connectivity index (χ1v) is 7.88. The van der Waals surface area contributed by atoms with Crippen LogP contribution in [0.15, 0.2) is 53.3 Å². The van der Waals surface area contributed by atoms with Gasteiger partial charge >= 0.3 is 0 Å². The Morgan fingerprint density at radius 2 is 2.12 bits per heavy atom. The lowest BCUT2D eigenvalue weighted by Gasteiger charge is -2.14. The molecular formula is C17H19N5O2. The second-order valence-electron chi connectivity index (χ2n) is 5.39. The number of rotatable bonds is 7. The Labute approximate surface area is 139 Å². The molecule has 124 valence electrons. The predicted octanol–water partition coefficient (Wildman–Crippen LogP) is 2.12. The molecular weight excluding hydrogens is 306 g/mol. The third-order valence-electron chi connectivity index (χ3n) is 3.66. The molecule has 0 aliphatic rings. The van der Waals surface area contributed by atoms with E-state index in [1.54, 1.807) is 23.1 Å². The number of carbonyl (C=O) groups excluding carboxylic acids is 1. The smallest absolute Gasteiger partial charge is 0.246 e. The van der Waals surface area contributed by atoms with Crippen molar-refractivity contribution >= 4 is 5.91 Å². The number of carbonyl (C=O) groups is 1. The van der Waals surface area contributed by atoms with E-state index in [1.165, 1.54) is 0 Å². The normalized spacial score (nSPS) is 12.0. The van der Waals surface area contributed by atoms with Gasteiger partial charge in [-0.1, -0.05) is 42.4 Å². The van der Waals surface area contributed by atoms with Gasteiger partial charge in [-0.15, -0.1) is 0 Å². The number of nitrogens with zero attached hydrogens (tertiary/aromatic N) is 4. The molecule has 0 unspecified atom stereocenters. The summed E-state index contributed by atoms with van der Waals surface area (Å²) in [6, 6.07) is 11.4. The summed E-state index contributed by atoms with van der Waals surface area (Å²) in [5, 5.41) is 10.9. The van der Waals surface area contributed by atoms with Crippen LogP contribution in [0.25, 0.3) is 0 Å². The molecule has 7 heteroatoms. The maximum Gasteiger partial charge on any atom is 0.246 e. The molecule has 0 aliphatic carbocycles. The van der Waals surface area contributed by atoms with Gasteiger partial charge in [0.25, 0.3) is 0 Å². The van der Waals surface area contributed by atoms with Crippen molar-refractivity contribution in [3.8, 4) is 0 Å². The van der Waals surface area contributed by atoms with Gasteiger partial charge < -0.3 is 9.84 Å². The zero-order chi connectivity index (χ0) is 16.8. The van der Waals surface area contributed by atoms with Crippen LogP contribution in [-0.4, -0.2) is 25.8 Å². The van der Waals surface area contributed by atoms with Gasteiger partial charge in [0.15, 0.2) is 5.82 Å². The van der Waals surface area contributed by atoms with Crippen LogP contribution in [0.5, 0.6) is 0 Å². The number of hydrogen-bond acceptors (Lipinski definition) is 5. The van der Waals surface area contributed by atoms with Crippen molar-refractivity contribution in [1.82, 2.24) is 25.2 Å². The lowest BCUT2D eigenvalue weighted by molar-refractivity contribution is -0.125. The van der Waals surface area contributed by atoms with E-state index >= 15 is 0 Å². The Hall–Kier alpha value is -2.96. The first kappa shape index (κ1) is 15.9. The van der Waals surface area contributed by atoms with E-state index in [0.29, 0.717) is 24.6 Å². The molecule has 3 aromatic rings. The molecule has 7 nitrogen and oxygen atoms in total. The molecule has 1 aromatic carbocycles. The molecule has 1 amide bonds. The molecule has 0 radical (unpaired) electrons. The van der Waals surface area contributed by atoms with Crippen LogP contribution in [0.3, 0.4) is 0 Å². The molecule has 0 spiro atoms. The van der Waals surface area contributed by atoms with Crippen LogP contribution in [0.1, 0.15) is 36.7 Å². The van der Waals surface area contributed by atoms with Crippen molar-refractivity contribution in [2.75, 3.05) is 0 Å². The minimum atomic E-state index is -0.341. The summed E-state index contributed by atoms with van der Waals surface area (Å²) < 4.78 is 6.84. The molecule has 0 aliphatic heterocycles. The minimum absolute atomic E-state index is 0.121. The van der Waals surface area contributed by atoms with Gasteiger partial charge in [-0.05, 0) is 18.1 Å². The number of nitrogens with one attached hydrogen (secondary N) is 1. The highest BCUT2D eigenvalue weighted by molar-refractivity contribution is 5.79. The molecule has 2 heterocycles. The Bertz CT molecular complexity index is 767. The summed E-state index contributed by atoms with van der Waals surface area (Å²) in [7, 11) is 0. The van der Waals surface area contributed by atoms with E-state index in [2.05, 4.69) is 20.6 Å². The van der Waals surface area contributed by atoms with Gasteiger partial charge in [-0.25, -0.2) is 0 Å². The van der Waals surface area contributed by atoms with Crippen molar-refractivity contribution in [3.63, 3.8) is 0 Å². The summed E-state index contributed by atoms with van der Waals surface area (Å²) in [5.74, 6) is 0.873. The van der Waals surface area contributed by atoms with Crippen molar-refractivity contribution in [2.45, 2.75) is 32.4 Å². The molecule has 0 saturated heterocycles. The Morgan fingerprint density at radius 3 is 2.83 bits per heavy atom. The zero-order valence-electron chi connectivity index (χ0n) is 13.4. The highest BCUT2D eigenvalue weighted by Crippen LogP contribution is 2.10. The van der Waals surface area contributed by atoms with Crippen LogP contribution >= 0.6 is 0 Å². The van der Waals surface area contributed by atoms with E-state index in [1.807, 2.05) is 37.3 Å². The van der Waals surface area contributed by atoms with E-state index in [9.17, 15) is 4.79 Å². The number of amides is 1. The number of aromatic nitrogens is 4. The molecule has 2 aromatic heterocycles. The fourth-order valence-corrected chi connectivity index (χ4v) is 2.45. The highest BCUT2D eigenvalue weighted by atomic mass is 16.5. The van der Waals surface area contributed by atoms with Crippen LogP contribution < -0.4 is 5.32 Å². The second-order valence-corrected chi connectivity index (χ2v) is 5.39. The van der Waals surface area contributed by atoms with Crippen LogP contribution in [0, 0.1) is 0 Å². The number of benzene rings is 1. The standard InChI is InChI=1S/C17H19N5O2/c1-2-14(22-10-6-9-19-22)17(23)18-12-16-20-15(21-24-16)11-13-7-4-3-5-8-13/h3-10,14H,2,11-12H2,1H3,(H,18,23)/t14-/m0/s1. The van der Waals surface area contributed by atoms with Gasteiger partial charge in [0.1, 0.15) is 6.04 Å². The fourth-order valence-electron chi connectivity index (χ4n) is 2.45. The van der Waals surface area contributed by atoms with Crippen molar-refractivity contribution in [3.05, 3.63) is 66.1 Å². The molecule has 1 atom stereocenters. The molecule has 0 fully saturated rings. The van der Waals surface area contributed by atoms with Crippen LogP contribution in [-0.2, 0) is 17.8 Å². The maximum absolute atomic E-state index is 12.3. The molecule has 1 N–H and O–H groups in total. The van der Waals surface area contributed by atoms with Crippen molar-refractivity contribution < 1.29 is 9.32 Å². The van der Waals surface area contributed by atoms with E-state index in [4.69, 9.17) is 4.52 Å². The monoisotopic (exact) mass is 325 g/mol. The van der Waals surface area contributed by atoms with Gasteiger partial charge in [0.05, 0.1) is 6.54 Å². The molecule has 3 rings (SSSR count). The SMILES string of the molecule is CC[C@@H](C(=O)NCc1nc(Cc2ccccc2)no1)n1cccn1. The topological polar surface area (TPSA) is 85.8 Å². The average Bonchev–Trinajstić information content (AvgIpc) is 3.27. The lowest BCUT2D eigenvalue weighted by Crippen LogP contribution is -2.32. The summed E-state index contributed by atoms with van der Waals surface area (Å²) >= 11 is 0. The Balaban J connectivity index is 1.56. The third-order valence-corrected chi connectivity index (χ3v) is 3.66. The second kappa shape index (κ2) is 7.54. The van der Waals surface area contributed by atoms with E-state index < -0.39 is 0 Å². The summed E-state index contributed by atoms with van der Waals surface area (Å²) in [6.45, 7) is 2.15. The van der Waals surface area contributed by atoms with Gasteiger partial charge in [0.2, 0.25) is 11.8 Å². The fraction of sp³-hybridized carbons (Fsp3) is 0.294. The van der Waals surface area contributed by atoms with Gasteiger partial charge in [0, 0.05) is 18.8 Å². The quantitative estimate of drug-likeness (QED) is 0.719. The van der Waals surface area contributed by atoms with Gasteiger partial charge in [-0.3, -0.25) is 9.48 Å². The van der Waals surface area contributed by atoms with Crippen molar-refractivity contribution in [2.24, 2.45) is 0 Å². The molecule has 24 heavy (non-hydrogen) atoms. The van der Waals surface area contributed by atoms with E-state index in [-0.39, 0.29) is 18.5 Å². The first-order chi connectivity index (χ1) is 11.8. The zero-order valence-corrected chi connectivity index (χ0v) is 13.4. The van der Waals surface area contributed by atoms with Gasteiger partial charge in [-0.2, -0.15) is 10.1 Å². The maximum atomic E-state index is 12.3. The molecule has 0 saturated carbocycles. The summed E-state index contributed by atoms with van der Waals surface area (Å²) in [5.41, 5.74) is 1.11. The highest BCUT2D eigenvalue weighted by Gasteiger charge is 2.19. The summed E-state index contributed by atoms with van der Waals surface area (Å²) in [4.78, 5) is 16.6. The Kier molecular flexibility index (Phi) is 5.00. The molecule has 0 bridgehead atoms. The summed E-state index contributed by atoms with van der Waals surface area (Å²) in [6.07, 6.45) is 4.68. The predicted molar refractivity (Wildman–Crippen MR) is 86.9 cm³/mol. The third kappa shape index (κ3) is 3.87. The largest absolute Gasteiger partial charge is 0.345 e. The van der Waals surface area contributed by atoms with Crippen LogP contribution in [0.2, 0.25) is 0 Å². The van der Waals surface area contributed by atoms with E-state index in [0.717, 1.165) is 5.56 Å². The first-order valence-electron chi connectivity index (χ1n) is 7.88. The van der Waals surface area contributed by atoms with Crippen LogP contribution in [0.4, 0.5) is 0 Å².